The maximum Gasteiger partial charge on any atom is 0.122 e. The lowest BCUT2D eigenvalue weighted by Gasteiger charge is -2.26. The van der Waals surface area contributed by atoms with Crippen molar-refractivity contribution in [2.75, 3.05) is 25.0 Å². The van der Waals surface area contributed by atoms with Gasteiger partial charge in [-0.25, -0.2) is 0 Å². The van der Waals surface area contributed by atoms with Crippen LogP contribution in [0, 0.1) is 0 Å². The van der Waals surface area contributed by atoms with Gasteiger partial charge in [-0.3, -0.25) is 0 Å². The SMILES string of the molecule is CNC(C)c1ccc(N2CC=CCC2)cc1O. The number of nitrogens with zero attached hydrogens (tertiary/aromatic N) is 1. The van der Waals surface area contributed by atoms with Crippen LogP contribution in [0.4, 0.5) is 5.69 Å². The molecule has 2 N–H and O–H groups in total. The lowest BCUT2D eigenvalue weighted by atomic mass is 10.1. The van der Waals surface area contributed by atoms with Gasteiger partial charge in [0.05, 0.1) is 0 Å². The molecule has 3 nitrogen and oxygen atoms in total. The van der Waals surface area contributed by atoms with Crippen LogP contribution in [0.25, 0.3) is 0 Å². The van der Waals surface area contributed by atoms with Crippen LogP contribution in [0.3, 0.4) is 0 Å². The normalized spacial score (nSPS) is 17.2. The van der Waals surface area contributed by atoms with E-state index in [-0.39, 0.29) is 6.04 Å². The zero-order chi connectivity index (χ0) is 12.3. The van der Waals surface area contributed by atoms with E-state index in [1.54, 1.807) is 0 Å². The zero-order valence-corrected chi connectivity index (χ0v) is 10.5. The first-order valence-electron chi connectivity index (χ1n) is 6.12. The second-order valence-electron chi connectivity index (χ2n) is 4.46. The Morgan fingerprint density at radius 2 is 2.18 bits per heavy atom. The standard InChI is InChI=1S/C14H20N2O/c1-11(15-2)13-7-6-12(10-14(13)17)16-8-4-3-5-9-16/h3-4,6-7,10-11,15,17H,5,8-9H2,1-2H3. The zero-order valence-electron chi connectivity index (χ0n) is 10.5. The number of anilines is 1. The second-order valence-corrected chi connectivity index (χ2v) is 4.46. The Labute approximate surface area is 103 Å². The molecule has 0 saturated carbocycles. The summed E-state index contributed by atoms with van der Waals surface area (Å²) in [4.78, 5) is 2.27. The van der Waals surface area contributed by atoms with Gasteiger partial charge in [0, 0.05) is 36.4 Å². The number of hydrogen-bond acceptors (Lipinski definition) is 3. The summed E-state index contributed by atoms with van der Waals surface area (Å²) in [6.45, 7) is 4.00. The van der Waals surface area contributed by atoms with Gasteiger partial charge in [0.15, 0.2) is 0 Å². The number of rotatable bonds is 3. The number of benzene rings is 1. The highest BCUT2D eigenvalue weighted by molar-refractivity contribution is 5.54. The quantitative estimate of drug-likeness (QED) is 0.786. The second kappa shape index (κ2) is 5.23. The van der Waals surface area contributed by atoms with E-state index in [1.807, 2.05) is 26.1 Å². The van der Waals surface area contributed by atoms with Gasteiger partial charge in [-0.1, -0.05) is 18.2 Å². The number of phenolic OH excluding ortho intramolecular Hbond substituents is 1. The van der Waals surface area contributed by atoms with Gasteiger partial charge in [0.1, 0.15) is 5.75 Å². The van der Waals surface area contributed by atoms with Crippen molar-refractivity contribution in [1.29, 1.82) is 0 Å². The number of hydrogen-bond donors (Lipinski definition) is 2. The van der Waals surface area contributed by atoms with Crippen LogP contribution in [0.1, 0.15) is 24.9 Å². The third-order valence-corrected chi connectivity index (χ3v) is 3.34. The van der Waals surface area contributed by atoms with Crippen molar-refractivity contribution in [3.63, 3.8) is 0 Å². The lowest BCUT2D eigenvalue weighted by Crippen LogP contribution is -2.26. The van der Waals surface area contributed by atoms with Crippen LogP contribution in [0.2, 0.25) is 0 Å². The van der Waals surface area contributed by atoms with E-state index in [1.165, 1.54) is 0 Å². The molecule has 1 aliphatic rings. The van der Waals surface area contributed by atoms with Crippen molar-refractivity contribution in [3.8, 4) is 5.75 Å². The highest BCUT2D eigenvalue weighted by atomic mass is 16.3. The van der Waals surface area contributed by atoms with Crippen molar-refractivity contribution < 1.29 is 5.11 Å². The lowest BCUT2D eigenvalue weighted by molar-refractivity contribution is 0.458. The van der Waals surface area contributed by atoms with Crippen LogP contribution in [-0.2, 0) is 0 Å². The summed E-state index contributed by atoms with van der Waals surface area (Å²) in [6.07, 6.45) is 5.45. The molecule has 0 spiro atoms. The first-order valence-corrected chi connectivity index (χ1v) is 6.12. The summed E-state index contributed by atoms with van der Waals surface area (Å²) in [5.41, 5.74) is 2.04. The molecule has 1 aromatic carbocycles. The first-order chi connectivity index (χ1) is 8.22. The Hall–Kier alpha value is -1.48. The van der Waals surface area contributed by atoms with Crippen LogP contribution in [0.5, 0.6) is 5.75 Å². The molecule has 0 bridgehead atoms. The molecule has 0 aliphatic carbocycles. The van der Waals surface area contributed by atoms with E-state index in [2.05, 4.69) is 28.4 Å². The molecule has 1 heterocycles. The van der Waals surface area contributed by atoms with Crippen molar-refractivity contribution >= 4 is 5.69 Å². The molecule has 3 heteroatoms. The highest BCUT2D eigenvalue weighted by Crippen LogP contribution is 2.29. The van der Waals surface area contributed by atoms with Gasteiger partial charge in [-0.2, -0.15) is 0 Å². The Bertz CT molecular complexity index is 415. The molecule has 17 heavy (non-hydrogen) atoms. The predicted molar refractivity (Wildman–Crippen MR) is 71.6 cm³/mol. The maximum absolute atomic E-state index is 10.0. The third-order valence-electron chi connectivity index (χ3n) is 3.34. The van der Waals surface area contributed by atoms with E-state index in [9.17, 15) is 5.11 Å². The summed E-state index contributed by atoms with van der Waals surface area (Å²) < 4.78 is 0. The molecule has 2 rings (SSSR count). The topological polar surface area (TPSA) is 35.5 Å². The smallest absolute Gasteiger partial charge is 0.122 e. The summed E-state index contributed by atoms with van der Waals surface area (Å²) in [5, 5.41) is 13.2. The molecule has 1 aromatic rings. The number of phenols is 1. The summed E-state index contributed by atoms with van der Waals surface area (Å²) >= 11 is 0. The van der Waals surface area contributed by atoms with Crippen molar-refractivity contribution in [1.82, 2.24) is 5.32 Å². The fourth-order valence-corrected chi connectivity index (χ4v) is 2.13. The average Bonchev–Trinajstić information content (AvgIpc) is 2.39. The van der Waals surface area contributed by atoms with E-state index >= 15 is 0 Å². The highest BCUT2D eigenvalue weighted by Gasteiger charge is 2.12. The third kappa shape index (κ3) is 2.61. The molecule has 0 aromatic heterocycles. The monoisotopic (exact) mass is 232 g/mol. The fourth-order valence-electron chi connectivity index (χ4n) is 2.13. The van der Waals surface area contributed by atoms with Gasteiger partial charge in [-0.15, -0.1) is 0 Å². The van der Waals surface area contributed by atoms with Crippen LogP contribution in [0.15, 0.2) is 30.4 Å². The first kappa shape index (κ1) is 12.0. The van der Waals surface area contributed by atoms with E-state index in [0.29, 0.717) is 5.75 Å². The molecule has 1 unspecified atom stereocenters. The van der Waals surface area contributed by atoms with Gasteiger partial charge in [0.25, 0.3) is 0 Å². The molecule has 0 amide bonds. The van der Waals surface area contributed by atoms with Crippen LogP contribution < -0.4 is 10.2 Å². The summed E-state index contributed by atoms with van der Waals surface area (Å²) in [6, 6.07) is 6.12. The molecule has 1 aliphatic heterocycles. The largest absolute Gasteiger partial charge is 0.508 e. The van der Waals surface area contributed by atoms with Gasteiger partial charge in [0.2, 0.25) is 0 Å². The molecule has 0 radical (unpaired) electrons. The van der Waals surface area contributed by atoms with E-state index in [4.69, 9.17) is 0 Å². The fraction of sp³-hybridized carbons (Fsp3) is 0.429. The minimum Gasteiger partial charge on any atom is -0.508 e. The Balaban J connectivity index is 2.21. The number of aromatic hydroxyl groups is 1. The molecular formula is C14H20N2O. The molecular weight excluding hydrogens is 212 g/mol. The predicted octanol–water partition coefficient (Wildman–Crippen LogP) is 2.44. The van der Waals surface area contributed by atoms with Gasteiger partial charge < -0.3 is 15.3 Å². The van der Waals surface area contributed by atoms with E-state index < -0.39 is 0 Å². The average molecular weight is 232 g/mol. The molecule has 1 atom stereocenters. The number of nitrogens with one attached hydrogen (secondary N) is 1. The minimum absolute atomic E-state index is 0.172. The Morgan fingerprint density at radius 3 is 2.76 bits per heavy atom. The molecule has 92 valence electrons. The Morgan fingerprint density at radius 1 is 1.35 bits per heavy atom. The summed E-state index contributed by atoms with van der Waals surface area (Å²) in [5.74, 6) is 0.374. The maximum atomic E-state index is 10.0. The van der Waals surface area contributed by atoms with Crippen molar-refractivity contribution in [2.24, 2.45) is 0 Å². The molecule has 0 saturated heterocycles. The summed E-state index contributed by atoms with van der Waals surface area (Å²) in [7, 11) is 1.90. The van der Waals surface area contributed by atoms with Crippen LogP contribution in [-0.4, -0.2) is 25.2 Å². The Kier molecular flexibility index (Phi) is 3.69. The van der Waals surface area contributed by atoms with E-state index in [0.717, 1.165) is 30.8 Å². The van der Waals surface area contributed by atoms with Crippen molar-refractivity contribution in [2.45, 2.75) is 19.4 Å². The molecule has 0 fully saturated rings. The minimum atomic E-state index is 0.172. The van der Waals surface area contributed by atoms with Gasteiger partial charge in [-0.05, 0) is 26.5 Å². The van der Waals surface area contributed by atoms with Crippen molar-refractivity contribution in [3.05, 3.63) is 35.9 Å². The van der Waals surface area contributed by atoms with Crippen LogP contribution >= 0.6 is 0 Å². The van der Waals surface area contributed by atoms with Gasteiger partial charge >= 0.3 is 0 Å².